The molecule has 66 heavy (non-hydrogen) atoms. The summed E-state index contributed by atoms with van der Waals surface area (Å²) in [6.07, 6.45) is 4.83. The fourth-order valence-electron chi connectivity index (χ4n) is 13.4. The van der Waals surface area contributed by atoms with E-state index in [0.717, 1.165) is 17.8 Å². The summed E-state index contributed by atoms with van der Waals surface area (Å²) in [5.74, 6) is 0. The Bertz CT molecular complexity index is 3110. The highest BCUT2D eigenvalue weighted by molar-refractivity contribution is 7.00. The highest BCUT2D eigenvalue weighted by Crippen LogP contribution is 2.63. The van der Waals surface area contributed by atoms with Gasteiger partial charge in [-0.05, 0) is 135 Å². The number of para-hydroxylation sites is 2. The molecule has 2 atom stereocenters. The van der Waals surface area contributed by atoms with Crippen LogP contribution in [0.4, 0.5) is 45.5 Å². The molecule has 1 saturated carbocycles. The van der Waals surface area contributed by atoms with E-state index in [-0.39, 0.29) is 33.9 Å². The first-order valence-corrected chi connectivity index (χ1v) is 24.7. The van der Waals surface area contributed by atoms with Crippen LogP contribution in [0.25, 0.3) is 11.1 Å². The zero-order valence-corrected chi connectivity index (χ0v) is 41.0. The smallest absolute Gasteiger partial charge is 0.252 e. The molecular formula is C62H64BN3. The molecule has 2 aliphatic carbocycles. The fourth-order valence-corrected chi connectivity index (χ4v) is 13.4. The first-order chi connectivity index (χ1) is 31.4. The van der Waals surface area contributed by atoms with Gasteiger partial charge in [0, 0.05) is 56.2 Å². The normalized spacial score (nSPS) is 20.6. The molecule has 3 aliphatic heterocycles. The molecule has 7 aromatic rings. The monoisotopic (exact) mass is 862 g/mol. The number of aryl methyl sites for hydroxylation is 1. The van der Waals surface area contributed by atoms with Gasteiger partial charge in [0.15, 0.2) is 0 Å². The summed E-state index contributed by atoms with van der Waals surface area (Å²) < 4.78 is 0. The van der Waals surface area contributed by atoms with Crippen molar-refractivity contribution in [2.75, 3.05) is 14.7 Å². The molecular weight excluding hydrogens is 798 g/mol. The molecule has 0 saturated heterocycles. The fraction of sp³-hybridized carbons (Fsp3) is 0.323. The summed E-state index contributed by atoms with van der Waals surface area (Å²) in [6.45, 7) is 26.7. The van der Waals surface area contributed by atoms with E-state index >= 15 is 0 Å². The van der Waals surface area contributed by atoms with E-state index in [1.807, 2.05) is 0 Å². The van der Waals surface area contributed by atoms with Crippen LogP contribution in [0.15, 0.2) is 140 Å². The van der Waals surface area contributed by atoms with Crippen LogP contribution in [0.3, 0.4) is 0 Å². The van der Waals surface area contributed by atoms with Crippen molar-refractivity contribution < 1.29 is 0 Å². The van der Waals surface area contributed by atoms with Gasteiger partial charge in [0.05, 0.1) is 11.2 Å². The molecule has 0 aromatic heterocycles. The van der Waals surface area contributed by atoms with Crippen molar-refractivity contribution in [3.05, 3.63) is 173 Å². The molecule has 3 heterocycles. The predicted octanol–water partition coefficient (Wildman–Crippen LogP) is 14.7. The van der Waals surface area contributed by atoms with Gasteiger partial charge < -0.3 is 14.7 Å². The first-order valence-electron chi connectivity index (χ1n) is 24.7. The van der Waals surface area contributed by atoms with Crippen LogP contribution in [0.1, 0.15) is 128 Å². The minimum absolute atomic E-state index is 0.0183. The van der Waals surface area contributed by atoms with Crippen LogP contribution >= 0.6 is 0 Å². The Balaban J connectivity index is 1.27. The van der Waals surface area contributed by atoms with Gasteiger partial charge in [-0.3, -0.25) is 0 Å². The van der Waals surface area contributed by atoms with Crippen LogP contribution in [-0.4, -0.2) is 12.3 Å². The van der Waals surface area contributed by atoms with E-state index in [9.17, 15) is 0 Å². The summed E-state index contributed by atoms with van der Waals surface area (Å²) >= 11 is 0. The Morgan fingerprint density at radius 3 is 1.83 bits per heavy atom. The highest BCUT2D eigenvalue weighted by atomic mass is 15.3. The number of hydrogen-bond donors (Lipinski definition) is 0. The maximum absolute atomic E-state index is 2.90. The zero-order valence-electron chi connectivity index (χ0n) is 41.0. The van der Waals surface area contributed by atoms with Crippen LogP contribution in [-0.2, 0) is 21.7 Å². The summed E-state index contributed by atoms with van der Waals surface area (Å²) in [6, 6.07) is 54.1. The molecule has 7 aromatic carbocycles. The number of nitrogens with zero attached hydrogens (tertiary/aromatic N) is 3. The Morgan fingerprint density at radius 2 is 1.17 bits per heavy atom. The number of rotatable bonds is 4. The summed E-state index contributed by atoms with van der Waals surface area (Å²) in [5.41, 5.74) is 25.4. The third kappa shape index (κ3) is 5.51. The van der Waals surface area contributed by atoms with E-state index in [1.54, 1.807) is 5.56 Å². The van der Waals surface area contributed by atoms with E-state index in [4.69, 9.17) is 0 Å². The summed E-state index contributed by atoms with van der Waals surface area (Å²) in [5, 5.41) is 0. The number of hydrogen-bond acceptors (Lipinski definition) is 3. The standard InChI is InChI=1S/C62H64BN3/c1-39-34-40(58(2,3)4)28-31-51(39)65-52-37-44(64(42-22-14-12-15-23-42)43-24-16-13-17-25-43)38-53-55(52)63(49-30-29-47-54(57(49)65)45-26-18-19-27-46(45)60(47,8)9)50-36-41(59(5,6)7)35-48-56(50)66(53)62(11)33-21-20-32-61(48,62)10/h12-19,22-31,34-38H,20-21,32-33H2,1-11H3. The molecule has 5 aliphatic rings. The molecule has 0 amide bonds. The van der Waals surface area contributed by atoms with E-state index in [2.05, 4.69) is 230 Å². The van der Waals surface area contributed by atoms with E-state index < -0.39 is 0 Å². The molecule has 330 valence electrons. The van der Waals surface area contributed by atoms with Gasteiger partial charge in [-0.25, -0.2) is 0 Å². The lowest BCUT2D eigenvalue weighted by Crippen LogP contribution is -2.64. The van der Waals surface area contributed by atoms with Crippen LogP contribution in [0.5, 0.6) is 0 Å². The average molecular weight is 862 g/mol. The Morgan fingerprint density at radius 1 is 0.530 bits per heavy atom. The molecule has 2 unspecified atom stereocenters. The van der Waals surface area contributed by atoms with Gasteiger partial charge in [-0.1, -0.05) is 172 Å². The third-order valence-electron chi connectivity index (χ3n) is 17.2. The maximum atomic E-state index is 2.90. The van der Waals surface area contributed by atoms with Gasteiger partial charge >= 0.3 is 0 Å². The Hall–Kier alpha value is -6.00. The molecule has 3 nitrogen and oxygen atoms in total. The lowest BCUT2D eigenvalue weighted by molar-refractivity contribution is 0.195. The quantitative estimate of drug-likeness (QED) is 0.163. The van der Waals surface area contributed by atoms with Crippen LogP contribution < -0.4 is 31.1 Å². The summed E-state index contributed by atoms with van der Waals surface area (Å²) in [4.78, 5) is 8.14. The topological polar surface area (TPSA) is 9.72 Å². The molecule has 0 spiro atoms. The number of anilines is 8. The second-order valence-corrected chi connectivity index (χ2v) is 23.4. The zero-order chi connectivity index (χ0) is 45.9. The van der Waals surface area contributed by atoms with E-state index in [0.29, 0.717) is 0 Å². The van der Waals surface area contributed by atoms with Gasteiger partial charge in [0.2, 0.25) is 0 Å². The molecule has 12 rings (SSSR count). The highest BCUT2D eigenvalue weighted by Gasteiger charge is 2.62. The molecule has 0 bridgehead atoms. The van der Waals surface area contributed by atoms with Crippen LogP contribution in [0, 0.1) is 6.92 Å². The van der Waals surface area contributed by atoms with Crippen molar-refractivity contribution in [2.24, 2.45) is 0 Å². The van der Waals surface area contributed by atoms with Gasteiger partial charge in [0.1, 0.15) is 0 Å². The molecule has 1 fully saturated rings. The molecule has 4 heteroatoms. The number of fused-ring (bicyclic) bond motifs is 11. The lowest BCUT2D eigenvalue weighted by Gasteiger charge is -2.53. The van der Waals surface area contributed by atoms with Crippen molar-refractivity contribution in [2.45, 2.75) is 129 Å². The largest absolute Gasteiger partial charge is 0.335 e. The van der Waals surface area contributed by atoms with Gasteiger partial charge in [-0.2, -0.15) is 0 Å². The van der Waals surface area contributed by atoms with Gasteiger partial charge in [0.25, 0.3) is 6.71 Å². The SMILES string of the molecule is Cc1cc(C(C)(C)C)ccc1N1c2cc(N(c3ccccc3)c3ccccc3)cc3c2B(c2ccc4c(c21)-c1ccccc1C4(C)C)c1cc(C(C)(C)C)cc2c1N3C1(C)CCCCC21C. The Kier molecular flexibility index (Phi) is 8.65. The molecule has 0 N–H and O–H groups in total. The van der Waals surface area contributed by atoms with Gasteiger partial charge in [-0.15, -0.1) is 0 Å². The van der Waals surface area contributed by atoms with Crippen molar-refractivity contribution in [3.8, 4) is 11.1 Å². The van der Waals surface area contributed by atoms with Crippen molar-refractivity contribution in [1.82, 2.24) is 0 Å². The average Bonchev–Trinajstić information content (AvgIpc) is 3.66. The Labute approximate surface area is 394 Å². The first kappa shape index (κ1) is 41.4. The minimum Gasteiger partial charge on any atom is -0.335 e. The van der Waals surface area contributed by atoms with Crippen LogP contribution in [0.2, 0.25) is 0 Å². The second kappa shape index (κ2) is 13.8. The second-order valence-electron chi connectivity index (χ2n) is 23.4. The van der Waals surface area contributed by atoms with Crippen molar-refractivity contribution in [1.29, 1.82) is 0 Å². The summed E-state index contributed by atoms with van der Waals surface area (Å²) in [7, 11) is 0. The predicted molar refractivity (Wildman–Crippen MR) is 283 cm³/mol. The van der Waals surface area contributed by atoms with Crippen molar-refractivity contribution >= 4 is 68.6 Å². The van der Waals surface area contributed by atoms with E-state index in [1.165, 1.54) is 109 Å². The van der Waals surface area contributed by atoms with Crippen molar-refractivity contribution in [3.63, 3.8) is 0 Å². The maximum Gasteiger partial charge on any atom is 0.252 e. The molecule has 0 radical (unpaired) electrons. The third-order valence-corrected chi connectivity index (χ3v) is 17.2. The minimum atomic E-state index is -0.155. The lowest BCUT2D eigenvalue weighted by atomic mass is 9.33. The number of benzene rings is 7.